The van der Waals surface area contributed by atoms with Crippen molar-refractivity contribution in [1.29, 1.82) is 0 Å². The van der Waals surface area contributed by atoms with Crippen molar-refractivity contribution in [3.63, 3.8) is 0 Å². The van der Waals surface area contributed by atoms with Gasteiger partial charge in [-0.1, -0.05) is 0 Å². The zero-order valence-electron chi connectivity index (χ0n) is 18.5. The van der Waals surface area contributed by atoms with E-state index in [9.17, 15) is 4.79 Å². The van der Waals surface area contributed by atoms with E-state index in [1.165, 1.54) is 25.8 Å². The molecule has 7 nitrogen and oxygen atoms in total. The molecule has 0 bridgehead atoms. The number of carbonyl (C=O) groups is 1. The van der Waals surface area contributed by atoms with E-state index in [2.05, 4.69) is 10.8 Å². The molecule has 3 saturated heterocycles. The second-order valence-electron chi connectivity index (χ2n) is 10.7. The minimum absolute atomic E-state index is 0.0618. The molecule has 0 spiro atoms. The van der Waals surface area contributed by atoms with E-state index in [1.807, 2.05) is 32.6 Å². The fourth-order valence-electron chi connectivity index (χ4n) is 5.81. The normalized spacial score (nSPS) is 39.2. The van der Waals surface area contributed by atoms with Gasteiger partial charge in [0.25, 0.3) is 0 Å². The highest BCUT2D eigenvalue weighted by molar-refractivity contribution is 5.82. The molecule has 1 aliphatic carbocycles. The lowest BCUT2D eigenvalue weighted by Crippen LogP contribution is -2.60. The molecule has 4 rings (SSSR count). The van der Waals surface area contributed by atoms with E-state index in [0.29, 0.717) is 38.3 Å². The first-order chi connectivity index (χ1) is 13.7. The van der Waals surface area contributed by atoms with Gasteiger partial charge < -0.3 is 19.7 Å². The van der Waals surface area contributed by atoms with Crippen LogP contribution >= 0.6 is 0 Å². The number of nitrogens with zero attached hydrogens (tertiary/aromatic N) is 1. The quantitative estimate of drug-likeness (QED) is 0.740. The van der Waals surface area contributed by atoms with Crippen molar-refractivity contribution in [1.82, 2.24) is 15.7 Å². The molecule has 0 aromatic heterocycles. The standard InChI is InChI=1S/C22H39N3O4/c1-21(2)13-25(14-22(3,4)29-21)20(26)19-11-17(28-24-19)12-27-16-7-8-18-15(10-16)6-5-9-23-18/h15-19,23-24H,5-14H2,1-4H3. The monoisotopic (exact) mass is 409 g/mol. The van der Waals surface area contributed by atoms with Crippen molar-refractivity contribution >= 4 is 5.91 Å². The van der Waals surface area contributed by atoms with Crippen LogP contribution in [-0.4, -0.2) is 72.5 Å². The maximum atomic E-state index is 13.1. The molecule has 0 aromatic carbocycles. The van der Waals surface area contributed by atoms with E-state index in [-0.39, 0.29) is 29.3 Å². The molecule has 3 heterocycles. The smallest absolute Gasteiger partial charge is 0.242 e. The summed E-state index contributed by atoms with van der Waals surface area (Å²) in [7, 11) is 0. The van der Waals surface area contributed by atoms with E-state index in [0.717, 1.165) is 18.8 Å². The number of piperidine rings is 1. The van der Waals surface area contributed by atoms with Crippen LogP contribution in [0.15, 0.2) is 0 Å². The molecule has 29 heavy (non-hydrogen) atoms. The summed E-state index contributed by atoms with van der Waals surface area (Å²) >= 11 is 0. The molecule has 5 atom stereocenters. The Kier molecular flexibility index (Phi) is 6.24. The Morgan fingerprint density at radius 1 is 1.10 bits per heavy atom. The van der Waals surface area contributed by atoms with Gasteiger partial charge in [-0.25, -0.2) is 0 Å². The topological polar surface area (TPSA) is 72.1 Å². The van der Waals surface area contributed by atoms with Gasteiger partial charge in [-0.3, -0.25) is 9.63 Å². The molecule has 1 amide bonds. The lowest BCUT2D eigenvalue weighted by molar-refractivity contribution is -0.189. The maximum absolute atomic E-state index is 13.1. The fraction of sp³-hybridized carbons (Fsp3) is 0.955. The molecule has 2 N–H and O–H groups in total. The van der Waals surface area contributed by atoms with Crippen molar-refractivity contribution in [2.24, 2.45) is 5.92 Å². The Morgan fingerprint density at radius 2 is 1.86 bits per heavy atom. The summed E-state index contributed by atoms with van der Waals surface area (Å²) in [6.45, 7) is 11.1. The lowest BCUT2D eigenvalue weighted by atomic mass is 9.78. The maximum Gasteiger partial charge on any atom is 0.242 e. The molecule has 166 valence electrons. The Hall–Kier alpha value is -0.730. The van der Waals surface area contributed by atoms with Gasteiger partial charge in [0.2, 0.25) is 5.91 Å². The van der Waals surface area contributed by atoms with Crippen LogP contribution in [0.25, 0.3) is 0 Å². The van der Waals surface area contributed by atoms with Crippen molar-refractivity contribution in [3.05, 3.63) is 0 Å². The van der Waals surface area contributed by atoms with Crippen LogP contribution in [0.1, 0.15) is 66.2 Å². The van der Waals surface area contributed by atoms with Crippen LogP contribution in [-0.2, 0) is 19.1 Å². The lowest BCUT2D eigenvalue weighted by Gasteiger charge is -2.47. The number of hydroxylamine groups is 1. The molecular formula is C22H39N3O4. The molecule has 1 saturated carbocycles. The Morgan fingerprint density at radius 3 is 2.62 bits per heavy atom. The molecule has 7 heteroatoms. The fourth-order valence-corrected chi connectivity index (χ4v) is 5.81. The van der Waals surface area contributed by atoms with Crippen molar-refractivity contribution in [2.75, 3.05) is 26.2 Å². The summed E-state index contributed by atoms with van der Waals surface area (Å²) in [6.07, 6.45) is 7.01. The number of rotatable bonds is 4. The van der Waals surface area contributed by atoms with E-state index < -0.39 is 0 Å². The second-order valence-corrected chi connectivity index (χ2v) is 10.7. The number of morpholine rings is 1. The van der Waals surface area contributed by atoms with Gasteiger partial charge in [-0.2, -0.15) is 5.48 Å². The average Bonchev–Trinajstić information content (AvgIpc) is 3.12. The average molecular weight is 410 g/mol. The molecule has 4 fully saturated rings. The molecular weight excluding hydrogens is 370 g/mol. The van der Waals surface area contributed by atoms with Gasteiger partial charge in [0, 0.05) is 25.6 Å². The van der Waals surface area contributed by atoms with Gasteiger partial charge in [0.1, 0.15) is 12.1 Å². The number of hydrogen-bond acceptors (Lipinski definition) is 6. The van der Waals surface area contributed by atoms with Crippen LogP contribution in [0.5, 0.6) is 0 Å². The number of hydrogen-bond donors (Lipinski definition) is 2. The summed E-state index contributed by atoms with van der Waals surface area (Å²) in [5, 5.41) is 3.66. The van der Waals surface area contributed by atoms with Crippen LogP contribution in [0.3, 0.4) is 0 Å². The summed E-state index contributed by atoms with van der Waals surface area (Å²) in [5.41, 5.74) is 2.29. The first-order valence-electron chi connectivity index (χ1n) is 11.5. The van der Waals surface area contributed by atoms with E-state index >= 15 is 0 Å². The van der Waals surface area contributed by atoms with Gasteiger partial charge in [-0.15, -0.1) is 0 Å². The second kappa shape index (κ2) is 8.42. The van der Waals surface area contributed by atoms with Gasteiger partial charge in [-0.05, 0) is 72.3 Å². The van der Waals surface area contributed by atoms with E-state index in [4.69, 9.17) is 14.3 Å². The van der Waals surface area contributed by atoms with Gasteiger partial charge in [0.15, 0.2) is 0 Å². The SMILES string of the molecule is CC1(C)CN(C(=O)C2CC(COC3CCC4NCCCC4C3)ON2)CC(C)(C)O1. The molecule has 5 unspecified atom stereocenters. The van der Waals surface area contributed by atoms with Crippen LogP contribution < -0.4 is 10.8 Å². The third-order valence-electron chi connectivity index (χ3n) is 6.79. The molecule has 0 radical (unpaired) electrons. The Balaban J connectivity index is 1.23. The third kappa shape index (κ3) is 5.31. The van der Waals surface area contributed by atoms with Crippen LogP contribution in [0, 0.1) is 5.92 Å². The number of amides is 1. The number of carbonyl (C=O) groups excluding carboxylic acids is 1. The molecule has 3 aliphatic heterocycles. The number of nitrogens with one attached hydrogen (secondary N) is 2. The van der Waals surface area contributed by atoms with Crippen LogP contribution in [0.2, 0.25) is 0 Å². The molecule has 0 aromatic rings. The highest BCUT2D eigenvalue weighted by Crippen LogP contribution is 2.33. The van der Waals surface area contributed by atoms with Gasteiger partial charge >= 0.3 is 0 Å². The zero-order valence-corrected chi connectivity index (χ0v) is 18.5. The Bertz CT molecular complexity index is 581. The number of fused-ring (bicyclic) bond motifs is 1. The zero-order chi connectivity index (χ0) is 20.6. The Labute approximate surface area is 175 Å². The summed E-state index contributed by atoms with van der Waals surface area (Å²) in [5.74, 6) is 0.859. The van der Waals surface area contributed by atoms with Crippen molar-refractivity contribution in [3.8, 4) is 0 Å². The minimum Gasteiger partial charge on any atom is -0.375 e. The first-order valence-corrected chi connectivity index (χ1v) is 11.5. The highest BCUT2D eigenvalue weighted by Gasteiger charge is 2.43. The number of ether oxygens (including phenoxy) is 2. The predicted molar refractivity (Wildman–Crippen MR) is 110 cm³/mol. The highest BCUT2D eigenvalue weighted by atomic mass is 16.7. The summed E-state index contributed by atoms with van der Waals surface area (Å²) < 4.78 is 12.3. The summed E-state index contributed by atoms with van der Waals surface area (Å²) in [4.78, 5) is 20.7. The minimum atomic E-state index is -0.341. The molecule has 4 aliphatic rings. The largest absolute Gasteiger partial charge is 0.375 e. The van der Waals surface area contributed by atoms with Gasteiger partial charge in [0.05, 0.1) is 23.9 Å². The summed E-state index contributed by atoms with van der Waals surface area (Å²) in [6, 6.07) is 0.392. The van der Waals surface area contributed by atoms with Crippen molar-refractivity contribution in [2.45, 2.75) is 102 Å². The first kappa shape index (κ1) is 21.5. The van der Waals surface area contributed by atoms with E-state index in [1.54, 1.807) is 0 Å². The third-order valence-corrected chi connectivity index (χ3v) is 6.79. The van der Waals surface area contributed by atoms with Crippen molar-refractivity contribution < 1.29 is 19.1 Å². The van der Waals surface area contributed by atoms with Crippen LogP contribution in [0.4, 0.5) is 0 Å². The predicted octanol–water partition coefficient (Wildman–Crippen LogP) is 2.00.